The largest absolute Gasteiger partial charge is 0.514 e. The highest BCUT2D eigenvalue weighted by Gasteiger charge is 1.85. The van der Waals surface area contributed by atoms with Crippen LogP contribution < -0.4 is 0 Å². The summed E-state index contributed by atoms with van der Waals surface area (Å²) in [4.78, 5) is 0. The number of hydrogen-bond acceptors (Lipinski definition) is 3. The van der Waals surface area contributed by atoms with Gasteiger partial charge in [-0.05, 0) is 0 Å². The summed E-state index contributed by atoms with van der Waals surface area (Å²) < 4.78 is 0. The zero-order chi connectivity index (χ0) is 5.70. The highest BCUT2D eigenvalue weighted by Crippen LogP contribution is 1.83. The highest BCUT2D eigenvalue weighted by molar-refractivity contribution is 5.17. The molecule has 0 unspecified atom stereocenters. The third-order valence-electron chi connectivity index (χ3n) is 0.470. The molecule has 0 saturated heterocycles. The monoisotopic (exact) mass is 99.0 g/mol. The molecule has 0 rings (SSSR count). The van der Waals surface area contributed by atoms with Gasteiger partial charge < -0.3 is 10.2 Å². The molecule has 0 spiro atoms. The summed E-state index contributed by atoms with van der Waals surface area (Å²) in [6.07, 6.45) is 0.583. The molecule has 2 N–H and O–H groups in total. The Hall–Kier alpha value is -1.01. The topological polar surface area (TPSA) is 64.2 Å². The van der Waals surface area contributed by atoms with Crippen LogP contribution in [-0.2, 0) is 0 Å². The molecular formula is C4H5NO2. The van der Waals surface area contributed by atoms with E-state index in [-0.39, 0.29) is 5.57 Å². The van der Waals surface area contributed by atoms with Gasteiger partial charge in [0.15, 0.2) is 0 Å². The van der Waals surface area contributed by atoms with Crippen molar-refractivity contribution in [2.45, 2.75) is 0 Å². The average molecular weight is 99.1 g/mol. The minimum atomic E-state index is -0.396. The Kier molecular flexibility index (Phi) is 2.73. The predicted octanol–water partition coefficient (Wildman–Crippen LogP) is -0.0558. The van der Waals surface area contributed by atoms with Crippen LogP contribution in [0.3, 0.4) is 0 Å². The van der Waals surface area contributed by atoms with Gasteiger partial charge in [-0.15, -0.1) is 0 Å². The Balaban J connectivity index is 3.68. The van der Waals surface area contributed by atoms with Gasteiger partial charge in [-0.3, -0.25) is 0 Å². The Labute approximate surface area is 41.1 Å². The Morgan fingerprint density at radius 2 is 2.43 bits per heavy atom. The van der Waals surface area contributed by atoms with Crippen molar-refractivity contribution in [2.75, 3.05) is 6.61 Å². The van der Waals surface area contributed by atoms with Crippen LogP contribution in [0.4, 0.5) is 0 Å². The fraction of sp³-hybridized carbons (Fsp3) is 0.250. The molecule has 0 aliphatic heterocycles. The third kappa shape index (κ3) is 1.79. The van der Waals surface area contributed by atoms with Crippen molar-refractivity contribution in [3.63, 3.8) is 0 Å². The molecule has 0 aromatic carbocycles. The van der Waals surface area contributed by atoms with Gasteiger partial charge in [-0.1, -0.05) is 0 Å². The molecule has 0 saturated carbocycles. The van der Waals surface area contributed by atoms with E-state index in [0.29, 0.717) is 6.26 Å². The summed E-state index contributed by atoms with van der Waals surface area (Å²) in [7, 11) is 0. The van der Waals surface area contributed by atoms with E-state index in [1.54, 1.807) is 6.07 Å². The van der Waals surface area contributed by atoms with Gasteiger partial charge in [0.1, 0.15) is 6.07 Å². The number of nitrogens with zero attached hydrogens (tertiary/aromatic N) is 1. The molecule has 0 bridgehead atoms. The first-order valence-electron chi connectivity index (χ1n) is 1.69. The van der Waals surface area contributed by atoms with E-state index in [0.717, 1.165) is 0 Å². The zero-order valence-electron chi connectivity index (χ0n) is 3.63. The first-order valence-corrected chi connectivity index (χ1v) is 1.69. The second kappa shape index (κ2) is 3.19. The predicted molar refractivity (Wildman–Crippen MR) is 23.4 cm³/mol. The number of hydrogen-bond donors (Lipinski definition) is 2. The van der Waals surface area contributed by atoms with Crippen LogP contribution in [0, 0.1) is 11.3 Å². The average Bonchev–Trinajstić information content (AvgIpc) is 1.72. The van der Waals surface area contributed by atoms with E-state index in [1.807, 2.05) is 0 Å². The minimum absolute atomic E-state index is 0.0278. The summed E-state index contributed by atoms with van der Waals surface area (Å²) >= 11 is 0. The van der Waals surface area contributed by atoms with Crippen molar-refractivity contribution in [3.8, 4) is 6.07 Å². The first-order chi connectivity index (χ1) is 3.35. The summed E-state index contributed by atoms with van der Waals surface area (Å²) in [6.45, 7) is -0.396. The lowest BCUT2D eigenvalue weighted by Crippen LogP contribution is -1.83. The molecule has 0 radical (unpaired) electrons. The van der Waals surface area contributed by atoms with Gasteiger partial charge in [0.05, 0.1) is 18.4 Å². The van der Waals surface area contributed by atoms with Gasteiger partial charge in [-0.25, -0.2) is 0 Å². The Bertz CT molecular complexity index is 111. The smallest absolute Gasteiger partial charge is 0.100 e. The fourth-order valence-electron chi connectivity index (χ4n) is 0.105. The number of aliphatic hydroxyl groups is 2. The number of rotatable bonds is 1. The zero-order valence-corrected chi connectivity index (χ0v) is 3.63. The van der Waals surface area contributed by atoms with Crippen molar-refractivity contribution in [3.05, 3.63) is 11.8 Å². The lowest BCUT2D eigenvalue weighted by Gasteiger charge is -1.80. The lowest BCUT2D eigenvalue weighted by atomic mass is 10.4. The summed E-state index contributed by atoms with van der Waals surface area (Å²) in [6, 6.07) is 1.56. The molecule has 7 heavy (non-hydrogen) atoms. The van der Waals surface area contributed by atoms with Crippen molar-refractivity contribution in [2.24, 2.45) is 0 Å². The van der Waals surface area contributed by atoms with Crippen molar-refractivity contribution in [1.82, 2.24) is 0 Å². The lowest BCUT2D eigenvalue weighted by molar-refractivity contribution is 0.329. The molecular weight excluding hydrogens is 94.0 g/mol. The van der Waals surface area contributed by atoms with Crippen LogP contribution >= 0.6 is 0 Å². The van der Waals surface area contributed by atoms with Gasteiger partial charge >= 0.3 is 0 Å². The number of nitriles is 1. The maximum atomic E-state index is 8.08. The molecule has 0 atom stereocenters. The van der Waals surface area contributed by atoms with Crippen LogP contribution in [0.2, 0.25) is 0 Å². The molecule has 0 aromatic rings. The SMILES string of the molecule is N#C/C(=C/O)CO. The molecule has 3 nitrogen and oxygen atoms in total. The van der Waals surface area contributed by atoms with Gasteiger partial charge in [0.25, 0.3) is 0 Å². The van der Waals surface area contributed by atoms with E-state index in [1.165, 1.54) is 0 Å². The fourth-order valence-corrected chi connectivity index (χ4v) is 0.105. The molecule has 0 fully saturated rings. The van der Waals surface area contributed by atoms with E-state index >= 15 is 0 Å². The van der Waals surface area contributed by atoms with Gasteiger partial charge in [0, 0.05) is 0 Å². The molecule has 0 amide bonds. The highest BCUT2D eigenvalue weighted by atomic mass is 16.3. The molecule has 0 aromatic heterocycles. The van der Waals surface area contributed by atoms with Crippen LogP contribution in [-0.4, -0.2) is 16.8 Å². The van der Waals surface area contributed by atoms with Crippen molar-refractivity contribution in [1.29, 1.82) is 5.26 Å². The molecule has 38 valence electrons. The van der Waals surface area contributed by atoms with E-state index in [9.17, 15) is 0 Å². The maximum Gasteiger partial charge on any atom is 0.100 e. The second-order valence-electron chi connectivity index (χ2n) is 0.924. The van der Waals surface area contributed by atoms with Crippen LogP contribution in [0.15, 0.2) is 11.8 Å². The maximum absolute atomic E-state index is 8.08. The van der Waals surface area contributed by atoms with Crippen LogP contribution in [0.25, 0.3) is 0 Å². The Morgan fingerprint density at radius 1 is 1.86 bits per heavy atom. The van der Waals surface area contributed by atoms with Crippen molar-refractivity contribution >= 4 is 0 Å². The van der Waals surface area contributed by atoms with Crippen LogP contribution in [0.1, 0.15) is 0 Å². The summed E-state index contributed by atoms with van der Waals surface area (Å²) in [5.41, 5.74) is -0.0278. The summed E-state index contributed by atoms with van der Waals surface area (Å²) in [5.74, 6) is 0. The molecule has 3 heteroatoms. The molecule has 0 heterocycles. The first kappa shape index (κ1) is 5.99. The normalized spacial score (nSPS) is 10.6. The standard InChI is InChI=1S/C4H5NO2/c5-1-4(2-6)3-7/h2,6-7H,3H2/b4-2-. The second-order valence-corrected chi connectivity index (χ2v) is 0.924. The Morgan fingerprint density at radius 3 is 2.43 bits per heavy atom. The van der Waals surface area contributed by atoms with Crippen molar-refractivity contribution < 1.29 is 10.2 Å². The molecule has 0 aliphatic rings. The van der Waals surface area contributed by atoms with Gasteiger partial charge in [-0.2, -0.15) is 5.26 Å². The van der Waals surface area contributed by atoms with E-state index < -0.39 is 6.61 Å². The quantitative estimate of drug-likeness (QED) is 0.357. The summed E-state index contributed by atoms with van der Waals surface area (Å²) in [5, 5.41) is 23.9. The third-order valence-corrected chi connectivity index (χ3v) is 0.470. The van der Waals surface area contributed by atoms with E-state index in [4.69, 9.17) is 15.5 Å². The minimum Gasteiger partial charge on any atom is -0.514 e. The number of aliphatic hydroxyl groups excluding tert-OH is 2. The van der Waals surface area contributed by atoms with Crippen LogP contribution in [0.5, 0.6) is 0 Å². The van der Waals surface area contributed by atoms with E-state index in [2.05, 4.69) is 0 Å². The molecule has 0 aliphatic carbocycles. The van der Waals surface area contributed by atoms with Gasteiger partial charge in [0.2, 0.25) is 0 Å².